The Kier molecular flexibility index (Phi) is 5.42. The second kappa shape index (κ2) is 6.83. The zero-order valence-corrected chi connectivity index (χ0v) is 11.2. The first-order valence-corrected chi connectivity index (χ1v) is 6.19. The number of aryl methyl sites for hydroxylation is 1. The van der Waals surface area contributed by atoms with Gasteiger partial charge in [0.25, 0.3) is 0 Å². The van der Waals surface area contributed by atoms with Crippen LogP contribution in [0.5, 0.6) is 0 Å². The number of hydrogen-bond donors (Lipinski definition) is 1. The molecule has 0 aliphatic heterocycles. The minimum Gasteiger partial charge on any atom is -0.461 e. The molecule has 1 rings (SSSR count). The van der Waals surface area contributed by atoms with Crippen LogP contribution in [0.25, 0.3) is 0 Å². The van der Waals surface area contributed by atoms with Crippen LogP contribution in [0.2, 0.25) is 0 Å². The minimum absolute atomic E-state index is 0.0991. The van der Waals surface area contributed by atoms with Gasteiger partial charge in [0.2, 0.25) is 5.91 Å². The molecule has 18 heavy (non-hydrogen) atoms. The lowest BCUT2D eigenvalue weighted by atomic mass is 10.3. The predicted molar refractivity (Wildman–Crippen MR) is 68.4 cm³/mol. The Morgan fingerprint density at radius 1 is 1.39 bits per heavy atom. The normalized spacial score (nSPS) is 10.2. The Hall–Kier alpha value is -1.78. The third kappa shape index (κ3) is 3.61. The third-order valence-electron chi connectivity index (χ3n) is 2.52. The first-order chi connectivity index (χ1) is 8.60. The molecule has 0 spiro atoms. The number of amides is 1. The fraction of sp³-hybridized carbons (Fsp3) is 0.538. The fourth-order valence-corrected chi connectivity index (χ4v) is 1.67. The molecular formula is C13H20N2O3. The van der Waals surface area contributed by atoms with Gasteiger partial charge in [0.05, 0.1) is 6.61 Å². The molecule has 1 N–H and O–H groups in total. The first kappa shape index (κ1) is 14.3. The number of nitrogens with one attached hydrogen (secondary N) is 1. The number of hydrogen-bond acceptors (Lipinski definition) is 3. The first-order valence-electron chi connectivity index (χ1n) is 6.19. The SMILES string of the molecule is CCCNC(=O)Cn1ccc(C)c1C(=O)OCC. The van der Waals surface area contributed by atoms with Gasteiger partial charge in [-0.2, -0.15) is 0 Å². The fourth-order valence-electron chi connectivity index (χ4n) is 1.67. The maximum atomic E-state index is 11.8. The van der Waals surface area contributed by atoms with Crippen LogP contribution in [0.3, 0.4) is 0 Å². The van der Waals surface area contributed by atoms with Gasteiger partial charge in [-0.15, -0.1) is 0 Å². The van der Waals surface area contributed by atoms with Gasteiger partial charge in [0.1, 0.15) is 12.2 Å². The summed E-state index contributed by atoms with van der Waals surface area (Å²) in [7, 11) is 0. The number of rotatable bonds is 6. The second-order valence-corrected chi connectivity index (χ2v) is 4.05. The summed E-state index contributed by atoms with van der Waals surface area (Å²) in [6, 6.07) is 1.80. The lowest BCUT2D eigenvalue weighted by Gasteiger charge is -2.09. The van der Waals surface area contributed by atoms with Crippen LogP contribution in [0.1, 0.15) is 36.3 Å². The van der Waals surface area contributed by atoms with E-state index in [1.54, 1.807) is 23.8 Å². The zero-order valence-electron chi connectivity index (χ0n) is 11.2. The molecular weight excluding hydrogens is 232 g/mol. The van der Waals surface area contributed by atoms with Crippen LogP contribution in [-0.2, 0) is 16.1 Å². The molecule has 0 aliphatic carbocycles. The highest BCUT2D eigenvalue weighted by atomic mass is 16.5. The summed E-state index contributed by atoms with van der Waals surface area (Å²) >= 11 is 0. The maximum absolute atomic E-state index is 11.8. The monoisotopic (exact) mass is 252 g/mol. The van der Waals surface area contributed by atoms with Crippen molar-refractivity contribution in [2.75, 3.05) is 13.2 Å². The van der Waals surface area contributed by atoms with Crippen molar-refractivity contribution in [3.8, 4) is 0 Å². The van der Waals surface area contributed by atoms with Crippen molar-refractivity contribution in [1.82, 2.24) is 9.88 Å². The van der Waals surface area contributed by atoms with E-state index in [4.69, 9.17) is 4.74 Å². The second-order valence-electron chi connectivity index (χ2n) is 4.05. The molecule has 5 nitrogen and oxygen atoms in total. The standard InChI is InChI=1S/C13H20N2O3/c1-4-7-14-11(16)9-15-8-6-10(3)12(15)13(17)18-5-2/h6,8H,4-5,7,9H2,1-3H3,(H,14,16). The van der Waals surface area contributed by atoms with E-state index >= 15 is 0 Å². The summed E-state index contributed by atoms with van der Waals surface area (Å²) in [6.07, 6.45) is 2.62. The number of carbonyl (C=O) groups is 2. The highest BCUT2D eigenvalue weighted by Gasteiger charge is 2.17. The Balaban J connectivity index is 2.77. The van der Waals surface area contributed by atoms with Gasteiger partial charge in [0.15, 0.2) is 0 Å². The van der Waals surface area contributed by atoms with Gasteiger partial charge in [0, 0.05) is 12.7 Å². The summed E-state index contributed by atoms with van der Waals surface area (Å²) < 4.78 is 6.60. The van der Waals surface area contributed by atoms with Crippen LogP contribution in [0.4, 0.5) is 0 Å². The van der Waals surface area contributed by atoms with Gasteiger partial charge in [-0.25, -0.2) is 4.79 Å². The highest BCUT2D eigenvalue weighted by molar-refractivity contribution is 5.90. The van der Waals surface area contributed by atoms with E-state index in [0.29, 0.717) is 18.8 Å². The zero-order chi connectivity index (χ0) is 13.5. The molecule has 0 radical (unpaired) electrons. The highest BCUT2D eigenvalue weighted by Crippen LogP contribution is 2.11. The van der Waals surface area contributed by atoms with Crippen molar-refractivity contribution in [3.05, 3.63) is 23.5 Å². The molecule has 0 bridgehead atoms. The van der Waals surface area contributed by atoms with Crippen molar-refractivity contribution in [2.24, 2.45) is 0 Å². The predicted octanol–water partition coefficient (Wildman–Crippen LogP) is 1.50. The maximum Gasteiger partial charge on any atom is 0.355 e. The van der Waals surface area contributed by atoms with Crippen molar-refractivity contribution in [1.29, 1.82) is 0 Å². The van der Waals surface area contributed by atoms with E-state index in [0.717, 1.165) is 12.0 Å². The van der Waals surface area contributed by atoms with E-state index in [2.05, 4.69) is 5.32 Å². The van der Waals surface area contributed by atoms with Crippen LogP contribution in [0.15, 0.2) is 12.3 Å². The number of ether oxygens (including phenoxy) is 1. The molecule has 0 atom stereocenters. The molecule has 1 amide bonds. The van der Waals surface area contributed by atoms with E-state index in [1.165, 1.54) is 0 Å². The van der Waals surface area contributed by atoms with Crippen LogP contribution in [-0.4, -0.2) is 29.6 Å². The summed E-state index contributed by atoms with van der Waals surface area (Å²) in [6.45, 7) is 6.69. The molecule has 0 saturated heterocycles. The van der Waals surface area contributed by atoms with E-state index in [-0.39, 0.29) is 18.4 Å². The van der Waals surface area contributed by atoms with Gasteiger partial charge in [-0.3, -0.25) is 4.79 Å². The smallest absolute Gasteiger partial charge is 0.355 e. The molecule has 1 aromatic rings. The molecule has 0 aliphatic rings. The molecule has 1 heterocycles. The molecule has 5 heteroatoms. The van der Waals surface area contributed by atoms with Gasteiger partial charge < -0.3 is 14.6 Å². The lowest BCUT2D eigenvalue weighted by Crippen LogP contribution is -2.29. The molecule has 1 aromatic heterocycles. The molecule has 0 aromatic carbocycles. The Morgan fingerprint density at radius 3 is 2.72 bits per heavy atom. The Morgan fingerprint density at radius 2 is 2.11 bits per heavy atom. The summed E-state index contributed by atoms with van der Waals surface area (Å²) in [5.74, 6) is -0.485. The number of esters is 1. The van der Waals surface area contributed by atoms with Crippen molar-refractivity contribution < 1.29 is 14.3 Å². The van der Waals surface area contributed by atoms with Crippen molar-refractivity contribution in [2.45, 2.75) is 33.7 Å². The molecule has 0 fully saturated rings. The van der Waals surface area contributed by atoms with Crippen molar-refractivity contribution >= 4 is 11.9 Å². The van der Waals surface area contributed by atoms with E-state index in [9.17, 15) is 9.59 Å². The van der Waals surface area contributed by atoms with E-state index < -0.39 is 0 Å². The number of aromatic nitrogens is 1. The largest absolute Gasteiger partial charge is 0.461 e. The van der Waals surface area contributed by atoms with Gasteiger partial charge >= 0.3 is 5.97 Å². The third-order valence-corrected chi connectivity index (χ3v) is 2.52. The summed E-state index contributed by atoms with van der Waals surface area (Å²) in [5, 5.41) is 2.78. The van der Waals surface area contributed by atoms with Crippen LogP contribution >= 0.6 is 0 Å². The minimum atomic E-state index is -0.386. The van der Waals surface area contributed by atoms with Crippen LogP contribution < -0.4 is 5.32 Å². The molecule has 0 saturated carbocycles. The van der Waals surface area contributed by atoms with Gasteiger partial charge in [-0.05, 0) is 31.9 Å². The lowest BCUT2D eigenvalue weighted by molar-refractivity contribution is -0.121. The van der Waals surface area contributed by atoms with Crippen LogP contribution in [0, 0.1) is 6.92 Å². The summed E-state index contributed by atoms with van der Waals surface area (Å²) in [5.41, 5.74) is 1.26. The molecule has 100 valence electrons. The van der Waals surface area contributed by atoms with Gasteiger partial charge in [-0.1, -0.05) is 6.92 Å². The molecule has 0 unspecified atom stereocenters. The Bertz CT molecular complexity index is 424. The average molecular weight is 252 g/mol. The summed E-state index contributed by atoms with van der Waals surface area (Å²) in [4.78, 5) is 23.4. The van der Waals surface area contributed by atoms with E-state index in [1.807, 2.05) is 13.8 Å². The topological polar surface area (TPSA) is 60.3 Å². The number of carbonyl (C=O) groups excluding carboxylic acids is 2. The number of nitrogens with zero attached hydrogens (tertiary/aromatic N) is 1. The van der Waals surface area contributed by atoms with Crippen molar-refractivity contribution in [3.63, 3.8) is 0 Å². The quantitative estimate of drug-likeness (QED) is 0.780. The Labute approximate surface area is 107 Å². The average Bonchev–Trinajstić information content (AvgIpc) is 2.68.